The van der Waals surface area contributed by atoms with Crippen LogP contribution < -0.4 is 5.73 Å². The number of nitriles is 1. The van der Waals surface area contributed by atoms with Crippen molar-refractivity contribution in [3.05, 3.63) is 42.2 Å². The Labute approximate surface area is 124 Å². The van der Waals surface area contributed by atoms with Gasteiger partial charge in [-0.2, -0.15) is 5.26 Å². The molecule has 0 atom stereocenters. The zero-order valence-electron chi connectivity index (χ0n) is 12.3. The Bertz CT molecular complexity index is 685. The van der Waals surface area contributed by atoms with Gasteiger partial charge in [-0.3, -0.25) is 0 Å². The van der Waals surface area contributed by atoms with Crippen LogP contribution in [0.4, 0.5) is 5.95 Å². The summed E-state index contributed by atoms with van der Waals surface area (Å²) in [6.45, 7) is 4.42. The van der Waals surface area contributed by atoms with Crippen LogP contribution in [0.1, 0.15) is 32.3 Å². The quantitative estimate of drug-likeness (QED) is 0.914. The third kappa shape index (κ3) is 2.36. The van der Waals surface area contributed by atoms with Crippen LogP contribution in [-0.4, -0.2) is 9.97 Å². The van der Waals surface area contributed by atoms with E-state index in [1.807, 2.05) is 24.3 Å². The number of hydrogen-bond donors (Lipinski definition) is 1. The molecule has 106 valence electrons. The molecule has 0 unspecified atom stereocenters. The molecule has 1 fully saturated rings. The summed E-state index contributed by atoms with van der Waals surface area (Å²) in [5.41, 5.74) is 8.50. The van der Waals surface area contributed by atoms with Gasteiger partial charge in [-0.25, -0.2) is 9.97 Å². The maximum atomic E-state index is 9.56. The predicted molar refractivity (Wildman–Crippen MR) is 82.2 cm³/mol. The normalized spacial score (nSPS) is 18.5. The van der Waals surface area contributed by atoms with Gasteiger partial charge in [0.15, 0.2) is 0 Å². The van der Waals surface area contributed by atoms with E-state index >= 15 is 0 Å². The Morgan fingerprint density at radius 3 is 2.10 bits per heavy atom. The maximum Gasteiger partial charge on any atom is 0.219 e. The first kappa shape index (κ1) is 13.6. The Balaban J connectivity index is 1.88. The van der Waals surface area contributed by atoms with Crippen LogP contribution in [0.2, 0.25) is 0 Å². The maximum absolute atomic E-state index is 9.56. The van der Waals surface area contributed by atoms with E-state index in [4.69, 9.17) is 5.73 Å². The highest BCUT2D eigenvalue weighted by Gasteiger charge is 2.50. The molecule has 1 saturated carbocycles. The highest BCUT2D eigenvalue weighted by Crippen LogP contribution is 2.55. The Kier molecular flexibility index (Phi) is 2.94. The lowest BCUT2D eigenvalue weighted by atomic mass is 9.52. The first-order valence-electron chi connectivity index (χ1n) is 7.04. The van der Waals surface area contributed by atoms with Gasteiger partial charge in [0.05, 0.1) is 11.5 Å². The van der Waals surface area contributed by atoms with Crippen LogP contribution in [0.3, 0.4) is 0 Å². The highest BCUT2D eigenvalue weighted by molar-refractivity contribution is 5.62. The summed E-state index contributed by atoms with van der Waals surface area (Å²) >= 11 is 0. The molecule has 1 aliphatic carbocycles. The highest BCUT2D eigenvalue weighted by atomic mass is 15.0. The largest absolute Gasteiger partial charge is 0.368 e. The van der Waals surface area contributed by atoms with Crippen LogP contribution in [0.25, 0.3) is 11.1 Å². The van der Waals surface area contributed by atoms with Crippen LogP contribution in [0, 0.1) is 16.7 Å². The van der Waals surface area contributed by atoms with Crippen molar-refractivity contribution < 1.29 is 0 Å². The second-order valence-corrected chi connectivity index (χ2v) is 6.62. The van der Waals surface area contributed by atoms with Crippen molar-refractivity contribution in [1.29, 1.82) is 5.26 Å². The van der Waals surface area contributed by atoms with Crippen molar-refractivity contribution in [3.8, 4) is 17.2 Å². The second kappa shape index (κ2) is 4.56. The van der Waals surface area contributed by atoms with Crippen molar-refractivity contribution in [2.75, 3.05) is 5.73 Å². The first-order chi connectivity index (χ1) is 9.94. The Hall–Kier alpha value is -2.41. The minimum Gasteiger partial charge on any atom is -0.368 e. The number of aromatic nitrogens is 2. The fourth-order valence-electron chi connectivity index (χ4n) is 3.40. The van der Waals surface area contributed by atoms with Crippen LogP contribution >= 0.6 is 0 Å². The van der Waals surface area contributed by atoms with Gasteiger partial charge in [-0.15, -0.1) is 0 Å². The van der Waals surface area contributed by atoms with Crippen molar-refractivity contribution in [3.63, 3.8) is 0 Å². The number of hydrogen-bond acceptors (Lipinski definition) is 4. The van der Waals surface area contributed by atoms with Crippen molar-refractivity contribution in [2.24, 2.45) is 5.41 Å². The number of nitrogens with zero attached hydrogens (tertiary/aromatic N) is 3. The van der Waals surface area contributed by atoms with E-state index in [0.717, 1.165) is 29.5 Å². The van der Waals surface area contributed by atoms with E-state index in [-0.39, 0.29) is 16.8 Å². The van der Waals surface area contributed by atoms with Gasteiger partial charge in [0.25, 0.3) is 0 Å². The Morgan fingerprint density at radius 1 is 1.05 bits per heavy atom. The standard InChI is InChI=1S/C17H18N4/c1-16(2)9-17(10-16,11-18)14-5-3-12(4-6-14)13-7-20-15(19)21-8-13/h3-8H,9-10H2,1-2H3,(H2,19,20,21). The fourth-order valence-corrected chi connectivity index (χ4v) is 3.40. The molecular formula is C17H18N4. The van der Waals surface area contributed by atoms with E-state index in [0.29, 0.717) is 0 Å². The molecule has 2 N–H and O–H groups in total. The SMILES string of the molecule is CC1(C)CC(C#N)(c2ccc(-c3cnc(N)nc3)cc2)C1. The summed E-state index contributed by atoms with van der Waals surface area (Å²) in [6, 6.07) is 10.6. The number of anilines is 1. The van der Waals surface area contributed by atoms with E-state index in [1.54, 1.807) is 12.4 Å². The molecule has 0 amide bonds. The van der Waals surface area contributed by atoms with E-state index < -0.39 is 0 Å². The van der Waals surface area contributed by atoms with Gasteiger partial charge >= 0.3 is 0 Å². The van der Waals surface area contributed by atoms with Gasteiger partial charge in [0.1, 0.15) is 0 Å². The minimum absolute atomic E-state index is 0.263. The molecular weight excluding hydrogens is 260 g/mol. The number of rotatable bonds is 2. The molecule has 4 nitrogen and oxygen atoms in total. The summed E-state index contributed by atoms with van der Waals surface area (Å²) in [4.78, 5) is 8.01. The monoisotopic (exact) mass is 278 g/mol. The third-order valence-corrected chi connectivity index (χ3v) is 4.22. The molecule has 0 aliphatic heterocycles. The molecule has 1 aliphatic rings. The molecule has 0 saturated heterocycles. The van der Waals surface area contributed by atoms with E-state index in [9.17, 15) is 5.26 Å². The zero-order valence-corrected chi connectivity index (χ0v) is 12.3. The lowest BCUT2D eigenvalue weighted by Gasteiger charge is -2.49. The molecule has 2 aromatic rings. The molecule has 0 bridgehead atoms. The molecule has 21 heavy (non-hydrogen) atoms. The second-order valence-electron chi connectivity index (χ2n) is 6.62. The van der Waals surface area contributed by atoms with Crippen LogP contribution in [-0.2, 0) is 5.41 Å². The lowest BCUT2D eigenvalue weighted by molar-refractivity contribution is 0.0999. The molecule has 1 aromatic carbocycles. The van der Waals surface area contributed by atoms with Gasteiger partial charge in [0, 0.05) is 18.0 Å². The third-order valence-electron chi connectivity index (χ3n) is 4.22. The summed E-state index contributed by atoms with van der Waals surface area (Å²) in [5, 5.41) is 9.56. The first-order valence-corrected chi connectivity index (χ1v) is 7.04. The smallest absolute Gasteiger partial charge is 0.219 e. The van der Waals surface area contributed by atoms with Crippen molar-refractivity contribution >= 4 is 5.95 Å². The van der Waals surface area contributed by atoms with Crippen LogP contribution in [0.15, 0.2) is 36.7 Å². The molecule has 3 rings (SSSR count). The predicted octanol–water partition coefficient (Wildman–Crippen LogP) is 3.31. The van der Waals surface area contributed by atoms with Gasteiger partial charge in [-0.05, 0) is 29.4 Å². The molecule has 1 aromatic heterocycles. The van der Waals surface area contributed by atoms with E-state index in [1.165, 1.54) is 0 Å². The number of nitrogen functional groups attached to an aromatic ring is 1. The molecule has 0 spiro atoms. The van der Waals surface area contributed by atoms with Gasteiger partial charge in [-0.1, -0.05) is 38.1 Å². The topological polar surface area (TPSA) is 75.6 Å². The van der Waals surface area contributed by atoms with Crippen LogP contribution in [0.5, 0.6) is 0 Å². The summed E-state index contributed by atoms with van der Waals surface area (Å²) < 4.78 is 0. The van der Waals surface area contributed by atoms with Gasteiger partial charge < -0.3 is 5.73 Å². The van der Waals surface area contributed by atoms with Crippen molar-refractivity contribution in [2.45, 2.75) is 32.1 Å². The molecule has 4 heteroatoms. The van der Waals surface area contributed by atoms with Crippen molar-refractivity contribution in [1.82, 2.24) is 9.97 Å². The zero-order chi connectivity index (χ0) is 15.1. The average molecular weight is 278 g/mol. The summed E-state index contributed by atoms with van der Waals surface area (Å²) in [6.07, 6.45) is 5.26. The minimum atomic E-state index is -0.320. The summed E-state index contributed by atoms with van der Waals surface area (Å²) in [5.74, 6) is 0.274. The molecule has 1 heterocycles. The average Bonchev–Trinajstić information content (AvgIpc) is 2.45. The molecule has 0 radical (unpaired) electrons. The Morgan fingerprint density at radius 2 is 1.62 bits per heavy atom. The fraction of sp³-hybridized carbons (Fsp3) is 0.353. The van der Waals surface area contributed by atoms with E-state index in [2.05, 4.69) is 29.9 Å². The lowest BCUT2D eigenvalue weighted by Crippen LogP contribution is -2.45. The van der Waals surface area contributed by atoms with Gasteiger partial charge in [0.2, 0.25) is 5.95 Å². The summed E-state index contributed by atoms with van der Waals surface area (Å²) in [7, 11) is 0. The number of benzene rings is 1. The number of nitrogens with two attached hydrogens (primary N) is 1.